The van der Waals surface area contributed by atoms with E-state index in [0.717, 1.165) is 70.5 Å². The Morgan fingerprint density at radius 3 is 1.57 bits per heavy atom. The van der Waals surface area contributed by atoms with E-state index in [2.05, 4.69) is 127 Å². The Hall–Kier alpha value is -5.94. The van der Waals surface area contributed by atoms with E-state index in [1.807, 2.05) is 54.7 Å². The minimum Gasteiger partial charge on any atom is -0.497 e. The molecule has 0 bridgehead atoms. The van der Waals surface area contributed by atoms with Gasteiger partial charge in [-0.2, -0.15) is 0 Å². The molecule has 0 saturated carbocycles. The van der Waals surface area contributed by atoms with Crippen LogP contribution in [-0.2, 0) is 0 Å². The van der Waals surface area contributed by atoms with Crippen molar-refractivity contribution in [1.29, 1.82) is 0 Å². The van der Waals surface area contributed by atoms with Crippen LogP contribution in [0.25, 0.3) is 32.6 Å². The molecule has 6 aromatic carbocycles. The second kappa shape index (κ2) is 14.5. The van der Waals surface area contributed by atoms with E-state index in [1.54, 1.807) is 18.4 Å². The van der Waals surface area contributed by atoms with Crippen molar-refractivity contribution in [2.75, 3.05) is 7.11 Å². The second-order valence-electron chi connectivity index (χ2n) is 11.8. The Morgan fingerprint density at radius 1 is 0.569 bits per heavy atom. The van der Waals surface area contributed by atoms with Crippen molar-refractivity contribution in [3.63, 3.8) is 0 Å². The molecule has 2 heterocycles. The van der Waals surface area contributed by atoms with Crippen LogP contribution in [-0.4, -0.2) is 23.5 Å². The highest BCUT2D eigenvalue weighted by Crippen LogP contribution is 2.54. The number of hydrogen-bond donors (Lipinski definition) is 0. The Kier molecular flexibility index (Phi) is 9.18. The summed E-state index contributed by atoms with van der Waals surface area (Å²) >= 11 is 1.57. The maximum atomic E-state index is 6.09. The van der Waals surface area contributed by atoms with Crippen LogP contribution in [0, 0.1) is 0 Å². The Balaban J connectivity index is 1.54. The van der Waals surface area contributed by atoms with Crippen molar-refractivity contribution in [2.45, 2.75) is 0 Å². The first-order chi connectivity index (χ1) is 25.2. The number of fused-ring (bicyclic) bond motifs is 1. The van der Waals surface area contributed by atoms with Crippen molar-refractivity contribution in [2.24, 2.45) is 9.74 Å². The summed E-state index contributed by atoms with van der Waals surface area (Å²) in [5.74, 6) is 0.783. The molecule has 8 rings (SSSR count). The Bertz CT molecular complexity index is 2380. The molecule has 0 radical (unpaired) electrons. The molecular formula is C44H33N4OPS. The lowest BCUT2D eigenvalue weighted by molar-refractivity contribution is 0.415. The summed E-state index contributed by atoms with van der Waals surface area (Å²) in [7, 11) is -1.01. The van der Waals surface area contributed by atoms with Crippen LogP contribution in [0.4, 0.5) is 11.4 Å². The molecule has 7 heteroatoms. The SMILES string of the molecule is COc1ccc(N=Cc2sc3nnc(-c4ccccc4)c(-c4ccccc4)c3c2N=P(c2ccccc2)(c2ccccc2)c2ccccc2)cc1. The van der Waals surface area contributed by atoms with E-state index in [-0.39, 0.29) is 0 Å². The van der Waals surface area contributed by atoms with Crippen molar-refractivity contribution in [3.05, 3.63) is 181 Å². The van der Waals surface area contributed by atoms with Crippen molar-refractivity contribution >= 4 is 62.1 Å². The van der Waals surface area contributed by atoms with Gasteiger partial charge in [0.1, 0.15) is 16.3 Å². The van der Waals surface area contributed by atoms with Gasteiger partial charge in [-0.25, -0.2) is 0 Å². The zero-order chi connectivity index (χ0) is 34.5. The Morgan fingerprint density at radius 2 is 1.06 bits per heavy atom. The van der Waals surface area contributed by atoms with Crippen LogP contribution in [0.3, 0.4) is 0 Å². The summed E-state index contributed by atoms with van der Waals surface area (Å²) in [6, 6.07) is 60.6. The third-order valence-electron chi connectivity index (χ3n) is 8.77. The van der Waals surface area contributed by atoms with Gasteiger partial charge in [0.25, 0.3) is 0 Å². The fraction of sp³-hybridized carbons (Fsp3) is 0.0227. The molecular weight excluding hydrogens is 664 g/mol. The van der Waals surface area contributed by atoms with Crippen LogP contribution in [0.5, 0.6) is 5.75 Å². The molecule has 0 aliphatic rings. The molecule has 246 valence electrons. The predicted octanol–water partition coefficient (Wildman–Crippen LogP) is 10.6. The molecule has 0 aliphatic carbocycles. The monoisotopic (exact) mass is 696 g/mol. The van der Waals surface area contributed by atoms with Gasteiger partial charge in [-0.05, 0) is 29.8 Å². The van der Waals surface area contributed by atoms with E-state index in [9.17, 15) is 0 Å². The summed E-state index contributed by atoms with van der Waals surface area (Å²) in [6.07, 6.45) is 1.93. The smallest absolute Gasteiger partial charge is 0.149 e. The van der Waals surface area contributed by atoms with Gasteiger partial charge < -0.3 is 4.74 Å². The van der Waals surface area contributed by atoms with E-state index in [4.69, 9.17) is 24.7 Å². The first-order valence-corrected chi connectivity index (χ1v) is 19.2. The molecule has 0 unspecified atom stereocenters. The summed E-state index contributed by atoms with van der Waals surface area (Å²) in [4.78, 5) is 6.68. The number of ether oxygens (including phenoxy) is 1. The summed E-state index contributed by atoms with van der Waals surface area (Å²) in [5, 5.41) is 14.2. The quantitative estimate of drug-likeness (QED) is 0.111. The lowest BCUT2D eigenvalue weighted by Gasteiger charge is -2.27. The highest BCUT2D eigenvalue weighted by molar-refractivity contribution is 7.87. The van der Waals surface area contributed by atoms with Gasteiger partial charge in [-0.15, -0.1) is 21.5 Å². The largest absolute Gasteiger partial charge is 0.497 e. The number of rotatable bonds is 9. The maximum absolute atomic E-state index is 6.09. The summed E-state index contributed by atoms with van der Waals surface area (Å²) < 4.78 is 11.5. The van der Waals surface area contributed by atoms with Gasteiger partial charge >= 0.3 is 0 Å². The average molecular weight is 697 g/mol. The van der Waals surface area contributed by atoms with Crippen LogP contribution in [0.1, 0.15) is 4.88 Å². The van der Waals surface area contributed by atoms with Gasteiger partial charge in [0.15, 0.2) is 0 Å². The summed E-state index contributed by atoms with van der Waals surface area (Å²) in [5.41, 5.74) is 5.51. The van der Waals surface area contributed by atoms with E-state index >= 15 is 0 Å². The van der Waals surface area contributed by atoms with Crippen LogP contribution in [0.2, 0.25) is 0 Å². The number of nitrogens with zero attached hydrogens (tertiary/aromatic N) is 4. The Labute approximate surface area is 301 Å². The fourth-order valence-electron chi connectivity index (χ4n) is 6.36. The molecule has 0 amide bonds. The van der Waals surface area contributed by atoms with Gasteiger partial charge in [0.2, 0.25) is 0 Å². The zero-order valence-corrected chi connectivity index (χ0v) is 29.6. The van der Waals surface area contributed by atoms with Crippen molar-refractivity contribution in [1.82, 2.24) is 10.2 Å². The number of methoxy groups -OCH3 is 1. The van der Waals surface area contributed by atoms with Crippen LogP contribution >= 0.6 is 18.4 Å². The fourth-order valence-corrected chi connectivity index (χ4v) is 10.9. The van der Waals surface area contributed by atoms with Gasteiger partial charge in [-0.3, -0.25) is 9.74 Å². The van der Waals surface area contributed by atoms with Crippen molar-refractivity contribution in [3.8, 4) is 28.1 Å². The number of aliphatic imine (C=N–C) groups is 1. The minimum absolute atomic E-state index is 0.783. The van der Waals surface area contributed by atoms with Crippen molar-refractivity contribution < 1.29 is 4.74 Å². The maximum Gasteiger partial charge on any atom is 0.149 e. The zero-order valence-electron chi connectivity index (χ0n) is 27.9. The third-order valence-corrected chi connectivity index (χ3v) is 13.4. The van der Waals surface area contributed by atoms with E-state index in [0.29, 0.717) is 0 Å². The standard InChI is InChI=1S/C44H33N4OPS/c1-49-35-29-27-34(28-30-35)45-31-39-43(41-40(32-17-7-2-8-18-32)42(46-47-44(41)51-39)33-19-9-3-10-20-33)48-50(36-21-11-4-12-22-36,37-23-13-5-14-24-37)38-25-15-6-16-26-38/h2-31H,1H3. The molecule has 0 fully saturated rings. The topological polar surface area (TPSA) is 59.7 Å². The number of benzene rings is 6. The van der Waals surface area contributed by atoms with Gasteiger partial charge in [-0.1, -0.05) is 152 Å². The highest BCUT2D eigenvalue weighted by Gasteiger charge is 2.30. The number of thiophene rings is 1. The average Bonchev–Trinajstić information content (AvgIpc) is 3.57. The number of aromatic nitrogens is 2. The summed E-state index contributed by atoms with van der Waals surface area (Å²) in [6.45, 7) is 0. The highest BCUT2D eigenvalue weighted by atomic mass is 32.1. The first-order valence-electron chi connectivity index (χ1n) is 16.7. The lowest BCUT2D eigenvalue weighted by Crippen LogP contribution is -2.25. The van der Waals surface area contributed by atoms with E-state index in [1.165, 1.54) is 0 Å². The van der Waals surface area contributed by atoms with Gasteiger partial charge in [0, 0.05) is 38.6 Å². The molecule has 5 nitrogen and oxygen atoms in total. The van der Waals surface area contributed by atoms with Gasteiger partial charge in [0.05, 0.1) is 30.4 Å². The van der Waals surface area contributed by atoms with Crippen LogP contribution < -0.4 is 20.7 Å². The third kappa shape index (κ3) is 6.32. The molecule has 8 aromatic rings. The first kappa shape index (κ1) is 32.3. The molecule has 0 aliphatic heterocycles. The molecule has 0 N–H and O–H groups in total. The molecule has 2 aromatic heterocycles. The molecule has 0 saturated heterocycles. The lowest BCUT2D eigenvalue weighted by atomic mass is 9.97. The second-order valence-corrected chi connectivity index (χ2v) is 15.9. The predicted molar refractivity (Wildman–Crippen MR) is 216 cm³/mol. The number of hydrogen-bond acceptors (Lipinski definition) is 6. The van der Waals surface area contributed by atoms with E-state index < -0.39 is 7.05 Å². The molecule has 51 heavy (non-hydrogen) atoms. The molecule has 0 atom stereocenters. The van der Waals surface area contributed by atoms with Crippen LogP contribution in [0.15, 0.2) is 186 Å². The molecule has 0 spiro atoms. The normalized spacial score (nSPS) is 11.5. The minimum atomic E-state index is -2.67.